The lowest BCUT2D eigenvalue weighted by atomic mass is 10.1. The second-order valence-corrected chi connectivity index (χ2v) is 4.37. The summed E-state index contributed by atoms with van der Waals surface area (Å²) in [6.45, 7) is 0. The fraction of sp³-hybridized carbons (Fsp3) is 0. The van der Waals surface area contributed by atoms with E-state index in [1.807, 2.05) is 0 Å². The van der Waals surface area contributed by atoms with Crippen molar-refractivity contribution in [1.82, 2.24) is 4.98 Å². The van der Waals surface area contributed by atoms with Gasteiger partial charge in [-0.15, -0.1) is 0 Å². The first-order valence-corrected chi connectivity index (χ1v) is 6.15. The summed E-state index contributed by atoms with van der Waals surface area (Å²) in [7, 11) is 0. The van der Waals surface area contributed by atoms with Crippen LogP contribution in [0.5, 0.6) is 0 Å². The molecule has 0 atom stereocenters. The van der Waals surface area contributed by atoms with Gasteiger partial charge in [-0.1, -0.05) is 18.1 Å². The summed E-state index contributed by atoms with van der Waals surface area (Å²) in [6.07, 6.45) is 1.52. The zero-order valence-corrected chi connectivity index (χ0v) is 10.7. The Balaban J connectivity index is 2.15. The van der Waals surface area contributed by atoms with Crippen LogP contribution >= 0.6 is 0 Å². The number of hydrogen-bond donors (Lipinski definition) is 0. The van der Waals surface area contributed by atoms with Gasteiger partial charge in [-0.3, -0.25) is 0 Å². The molecule has 21 heavy (non-hydrogen) atoms. The molecule has 0 spiro atoms. The smallest absolute Gasteiger partial charge is 0.141 e. The summed E-state index contributed by atoms with van der Waals surface area (Å²) < 4.78 is 40.3. The minimum Gasteiger partial charge on any atom is -0.247 e. The molecule has 0 saturated heterocycles. The van der Waals surface area contributed by atoms with E-state index in [0.717, 1.165) is 17.5 Å². The molecule has 0 bridgehead atoms. The first-order chi connectivity index (χ1) is 10.1. The van der Waals surface area contributed by atoms with Crippen LogP contribution in [0.4, 0.5) is 13.2 Å². The number of aromatic nitrogens is 1. The van der Waals surface area contributed by atoms with Gasteiger partial charge in [0.15, 0.2) is 0 Å². The van der Waals surface area contributed by atoms with Gasteiger partial charge in [0.05, 0.1) is 5.56 Å². The SMILES string of the molecule is Fc1ccc2ccnc(C#Cc3c(F)cccc3F)c2c1. The molecule has 102 valence electrons. The Kier molecular flexibility index (Phi) is 3.33. The highest BCUT2D eigenvalue weighted by Crippen LogP contribution is 2.18. The van der Waals surface area contributed by atoms with Gasteiger partial charge in [-0.2, -0.15) is 0 Å². The predicted molar refractivity (Wildman–Crippen MR) is 74.0 cm³/mol. The molecule has 1 nitrogen and oxygen atoms in total. The Hall–Kier alpha value is -2.80. The molecular weight excluding hydrogens is 275 g/mol. The molecule has 3 aromatic rings. The van der Waals surface area contributed by atoms with Crippen molar-refractivity contribution in [3.63, 3.8) is 0 Å². The monoisotopic (exact) mass is 283 g/mol. The van der Waals surface area contributed by atoms with Gasteiger partial charge >= 0.3 is 0 Å². The number of rotatable bonds is 0. The van der Waals surface area contributed by atoms with E-state index >= 15 is 0 Å². The van der Waals surface area contributed by atoms with Crippen molar-refractivity contribution >= 4 is 10.8 Å². The van der Waals surface area contributed by atoms with E-state index in [9.17, 15) is 13.2 Å². The van der Waals surface area contributed by atoms with Crippen LogP contribution in [0.1, 0.15) is 11.3 Å². The van der Waals surface area contributed by atoms with Crippen molar-refractivity contribution in [2.75, 3.05) is 0 Å². The van der Waals surface area contributed by atoms with Crippen LogP contribution in [0, 0.1) is 29.3 Å². The molecular formula is C17H8F3N. The molecule has 2 aromatic carbocycles. The Morgan fingerprint density at radius 2 is 1.62 bits per heavy atom. The highest BCUT2D eigenvalue weighted by molar-refractivity contribution is 5.86. The van der Waals surface area contributed by atoms with Crippen LogP contribution < -0.4 is 0 Å². The normalized spacial score (nSPS) is 10.2. The van der Waals surface area contributed by atoms with E-state index in [2.05, 4.69) is 16.8 Å². The van der Waals surface area contributed by atoms with Crippen molar-refractivity contribution in [2.24, 2.45) is 0 Å². The number of halogens is 3. The second-order valence-electron chi connectivity index (χ2n) is 4.37. The first kappa shape index (κ1) is 13.2. The summed E-state index contributed by atoms with van der Waals surface area (Å²) >= 11 is 0. The summed E-state index contributed by atoms with van der Waals surface area (Å²) in [6, 6.07) is 9.46. The van der Waals surface area contributed by atoms with E-state index in [1.54, 1.807) is 12.1 Å². The third kappa shape index (κ3) is 2.59. The number of pyridine rings is 1. The van der Waals surface area contributed by atoms with Crippen LogP contribution in [0.15, 0.2) is 48.7 Å². The summed E-state index contributed by atoms with van der Waals surface area (Å²) in [5.74, 6) is 3.13. The number of benzene rings is 2. The van der Waals surface area contributed by atoms with Crippen LogP contribution in [-0.2, 0) is 0 Å². The molecule has 0 aliphatic heterocycles. The van der Waals surface area contributed by atoms with Crippen LogP contribution in [0.3, 0.4) is 0 Å². The molecule has 0 amide bonds. The topological polar surface area (TPSA) is 12.9 Å². The minimum atomic E-state index is -0.742. The largest absolute Gasteiger partial charge is 0.247 e. The van der Waals surface area contributed by atoms with Gasteiger partial charge in [0, 0.05) is 11.6 Å². The molecule has 4 heteroatoms. The molecule has 0 N–H and O–H groups in total. The van der Waals surface area contributed by atoms with E-state index in [1.165, 1.54) is 24.4 Å². The Morgan fingerprint density at radius 1 is 0.857 bits per heavy atom. The summed E-state index contributed by atoms with van der Waals surface area (Å²) in [5.41, 5.74) is -0.0534. The lowest BCUT2D eigenvalue weighted by Crippen LogP contribution is -1.90. The van der Waals surface area contributed by atoms with E-state index in [4.69, 9.17) is 0 Å². The first-order valence-electron chi connectivity index (χ1n) is 6.15. The Bertz CT molecular complexity index is 871. The predicted octanol–water partition coefficient (Wildman–Crippen LogP) is 4.05. The van der Waals surface area contributed by atoms with E-state index < -0.39 is 17.5 Å². The van der Waals surface area contributed by atoms with Crippen LogP contribution in [0.2, 0.25) is 0 Å². The lowest BCUT2D eigenvalue weighted by Gasteiger charge is -2.00. The van der Waals surface area contributed by atoms with Crippen LogP contribution in [0.25, 0.3) is 10.8 Å². The maximum atomic E-state index is 13.5. The molecule has 0 saturated carbocycles. The summed E-state index contributed by atoms with van der Waals surface area (Å²) in [5, 5.41) is 1.26. The van der Waals surface area contributed by atoms with Crippen molar-refractivity contribution in [1.29, 1.82) is 0 Å². The fourth-order valence-electron chi connectivity index (χ4n) is 1.98. The van der Waals surface area contributed by atoms with Gasteiger partial charge in [-0.05, 0) is 41.6 Å². The van der Waals surface area contributed by atoms with Crippen molar-refractivity contribution in [2.45, 2.75) is 0 Å². The Labute approximate surface area is 119 Å². The maximum Gasteiger partial charge on any atom is 0.141 e. The van der Waals surface area contributed by atoms with E-state index in [0.29, 0.717) is 5.39 Å². The van der Waals surface area contributed by atoms with Crippen LogP contribution in [-0.4, -0.2) is 4.98 Å². The second kappa shape index (κ2) is 5.29. The highest BCUT2D eigenvalue weighted by atomic mass is 19.1. The molecule has 1 aromatic heterocycles. The molecule has 0 aliphatic rings. The average molecular weight is 283 g/mol. The minimum absolute atomic E-state index is 0.273. The van der Waals surface area contributed by atoms with Gasteiger partial charge < -0.3 is 0 Å². The maximum absolute atomic E-state index is 13.5. The molecule has 3 rings (SSSR count). The van der Waals surface area contributed by atoms with Crippen molar-refractivity contribution in [3.8, 4) is 11.8 Å². The quantitative estimate of drug-likeness (QED) is 0.567. The number of hydrogen-bond acceptors (Lipinski definition) is 1. The molecule has 0 radical (unpaired) electrons. The average Bonchev–Trinajstić information content (AvgIpc) is 2.47. The van der Waals surface area contributed by atoms with E-state index in [-0.39, 0.29) is 11.3 Å². The zero-order chi connectivity index (χ0) is 14.8. The Morgan fingerprint density at radius 3 is 2.38 bits per heavy atom. The molecule has 0 unspecified atom stereocenters. The lowest BCUT2D eigenvalue weighted by molar-refractivity contribution is 0.577. The molecule has 0 aliphatic carbocycles. The van der Waals surface area contributed by atoms with Crippen molar-refractivity contribution in [3.05, 3.63) is 77.4 Å². The standard InChI is InChI=1S/C17H8F3N/c18-12-5-4-11-8-9-21-17(14(11)10-12)7-6-13-15(19)2-1-3-16(13)20/h1-5,8-10H. The van der Waals surface area contributed by atoms with Gasteiger partial charge in [0.2, 0.25) is 0 Å². The third-order valence-electron chi connectivity index (χ3n) is 3.00. The van der Waals surface area contributed by atoms with Gasteiger partial charge in [-0.25, -0.2) is 18.2 Å². The van der Waals surface area contributed by atoms with Gasteiger partial charge in [0.1, 0.15) is 23.1 Å². The number of nitrogens with zero attached hydrogens (tertiary/aromatic N) is 1. The number of fused-ring (bicyclic) bond motifs is 1. The summed E-state index contributed by atoms with van der Waals surface area (Å²) in [4.78, 5) is 4.04. The molecule has 1 heterocycles. The highest BCUT2D eigenvalue weighted by Gasteiger charge is 2.06. The molecule has 0 fully saturated rings. The van der Waals surface area contributed by atoms with Gasteiger partial charge in [0.25, 0.3) is 0 Å². The van der Waals surface area contributed by atoms with Crippen molar-refractivity contribution < 1.29 is 13.2 Å². The fourth-order valence-corrected chi connectivity index (χ4v) is 1.98. The zero-order valence-electron chi connectivity index (χ0n) is 10.7. The third-order valence-corrected chi connectivity index (χ3v) is 3.00.